The van der Waals surface area contributed by atoms with E-state index >= 15 is 0 Å². The third-order valence-corrected chi connectivity index (χ3v) is 3.92. The van der Waals surface area contributed by atoms with E-state index < -0.39 is 6.04 Å². The van der Waals surface area contributed by atoms with E-state index in [1.807, 2.05) is 61.5 Å². The summed E-state index contributed by atoms with van der Waals surface area (Å²) in [6.45, 7) is 1.96. The molecule has 0 bridgehead atoms. The van der Waals surface area contributed by atoms with E-state index in [1.54, 1.807) is 11.9 Å². The minimum atomic E-state index is -0.655. The van der Waals surface area contributed by atoms with Crippen LogP contribution < -0.4 is 5.73 Å². The fourth-order valence-corrected chi connectivity index (χ4v) is 2.40. The summed E-state index contributed by atoms with van der Waals surface area (Å²) in [4.78, 5) is 14.2. The van der Waals surface area contributed by atoms with Gasteiger partial charge in [-0.3, -0.25) is 4.79 Å². The van der Waals surface area contributed by atoms with Crippen LogP contribution in [0.15, 0.2) is 54.6 Å². The van der Waals surface area contributed by atoms with Gasteiger partial charge in [0.2, 0.25) is 5.91 Å². The Kier molecular flexibility index (Phi) is 4.99. The molecule has 2 aromatic rings. The van der Waals surface area contributed by atoms with Crippen molar-refractivity contribution >= 4 is 17.5 Å². The summed E-state index contributed by atoms with van der Waals surface area (Å²) in [6, 6.07) is 16.1. The third-order valence-electron chi connectivity index (χ3n) is 3.68. The Morgan fingerprint density at radius 2 is 1.71 bits per heavy atom. The van der Waals surface area contributed by atoms with Crippen LogP contribution >= 0.6 is 11.6 Å². The maximum absolute atomic E-state index is 12.5. The molecule has 0 saturated carbocycles. The first kappa shape index (κ1) is 15.5. The van der Waals surface area contributed by atoms with Gasteiger partial charge in [-0.15, -0.1) is 0 Å². The summed E-state index contributed by atoms with van der Waals surface area (Å²) in [5.41, 5.74) is 7.87. The SMILES string of the molecule is CC(c1cccc(Cl)c1)N(C)C(=O)[C@@H](N)c1ccccc1. The van der Waals surface area contributed by atoms with Gasteiger partial charge in [-0.1, -0.05) is 54.1 Å². The summed E-state index contributed by atoms with van der Waals surface area (Å²) in [5.74, 6) is -0.117. The van der Waals surface area contributed by atoms with Gasteiger partial charge in [0, 0.05) is 12.1 Å². The Balaban J connectivity index is 2.15. The summed E-state index contributed by atoms with van der Waals surface area (Å²) >= 11 is 6.00. The van der Waals surface area contributed by atoms with Gasteiger partial charge in [-0.05, 0) is 30.2 Å². The summed E-state index contributed by atoms with van der Waals surface area (Å²) < 4.78 is 0. The number of amides is 1. The van der Waals surface area contributed by atoms with Crippen LogP contribution in [0.5, 0.6) is 0 Å². The standard InChI is InChI=1S/C17H19ClN2O/c1-12(14-9-6-10-15(18)11-14)20(2)17(21)16(19)13-7-4-3-5-8-13/h3-12,16H,19H2,1-2H3/t12?,16-/m0/s1. The van der Waals surface area contributed by atoms with E-state index in [9.17, 15) is 4.79 Å². The second kappa shape index (κ2) is 6.74. The predicted octanol–water partition coefficient (Wildman–Crippen LogP) is 3.56. The number of hydrogen-bond donors (Lipinski definition) is 1. The van der Waals surface area contributed by atoms with Crippen molar-refractivity contribution in [3.05, 3.63) is 70.7 Å². The van der Waals surface area contributed by atoms with E-state index in [4.69, 9.17) is 17.3 Å². The number of halogens is 1. The molecule has 0 saturated heterocycles. The van der Waals surface area contributed by atoms with E-state index in [1.165, 1.54) is 0 Å². The zero-order valence-corrected chi connectivity index (χ0v) is 12.9. The van der Waals surface area contributed by atoms with Crippen molar-refractivity contribution in [2.45, 2.75) is 19.0 Å². The van der Waals surface area contributed by atoms with Gasteiger partial charge in [-0.25, -0.2) is 0 Å². The number of rotatable bonds is 4. The molecule has 0 radical (unpaired) electrons. The van der Waals surface area contributed by atoms with Gasteiger partial charge in [0.05, 0.1) is 6.04 Å². The molecule has 2 rings (SSSR count). The Morgan fingerprint density at radius 1 is 1.10 bits per heavy atom. The van der Waals surface area contributed by atoms with Gasteiger partial charge in [0.25, 0.3) is 0 Å². The van der Waals surface area contributed by atoms with Crippen molar-refractivity contribution in [2.24, 2.45) is 5.73 Å². The number of nitrogens with zero attached hydrogens (tertiary/aromatic N) is 1. The zero-order valence-electron chi connectivity index (χ0n) is 12.2. The molecule has 3 nitrogen and oxygen atoms in total. The highest BCUT2D eigenvalue weighted by Gasteiger charge is 2.24. The fraction of sp³-hybridized carbons (Fsp3) is 0.235. The minimum absolute atomic E-state index is 0.0917. The first-order chi connectivity index (χ1) is 10.0. The Labute approximate surface area is 130 Å². The lowest BCUT2D eigenvalue weighted by Crippen LogP contribution is -2.37. The number of carbonyl (C=O) groups is 1. The van der Waals surface area contributed by atoms with Gasteiger partial charge < -0.3 is 10.6 Å². The van der Waals surface area contributed by atoms with Crippen LogP contribution in [0.1, 0.15) is 30.1 Å². The molecule has 0 aliphatic rings. The maximum Gasteiger partial charge on any atom is 0.244 e. The van der Waals surface area contributed by atoms with Crippen molar-refractivity contribution < 1.29 is 4.79 Å². The molecule has 0 heterocycles. The number of carbonyl (C=O) groups excluding carboxylic acids is 1. The Hall–Kier alpha value is -1.84. The molecule has 0 fully saturated rings. The minimum Gasteiger partial charge on any atom is -0.337 e. The highest BCUT2D eigenvalue weighted by Crippen LogP contribution is 2.24. The van der Waals surface area contributed by atoms with Crippen LogP contribution in [0, 0.1) is 0 Å². The van der Waals surface area contributed by atoms with Crippen molar-refractivity contribution in [3.63, 3.8) is 0 Å². The highest BCUT2D eigenvalue weighted by molar-refractivity contribution is 6.30. The van der Waals surface area contributed by atoms with Crippen molar-refractivity contribution in [3.8, 4) is 0 Å². The lowest BCUT2D eigenvalue weighted by atomic mass is 10.0. The number of nitrogens with two attached hydrogens (primary N) is 1. The predicted molar refractivity (Wildman–Crippen MR) is 86.0 cm³/mol. The first-order valence-corrected chi connectivity index (χ1v) is 7.21. The number of benzene rings is 2. The van der Waals surface area contributed by atoms with Gasteiger partial charge in [0.15, 0.2) is 0 Å². The van der Waals surface area contributed by atoms with Crippen LogP contribution in [0.4, 0.5) is 0 Å². The molecule has 0 aliphatic heterocycles. The van der Waals surface area contributed by atoms with Gasteiger partial charge in [-0.2, -0.15) is 0 Å². The monoisotopic (exact) mass is 302 g/mol. The van der Waals surface area contributed by atoms with Gasteiger partial charge in [0.1, 0.15) is 6.04 Å². The largest absolute Gasteiger partial charge is 0.337 e. The number of hydrogen-bond acceptors (Lipinski definition) is 2. The molecular weight excluding hydrogens is 284 g/mol. The molecule has 2 N–H and O–H groups in total. The summed E-state index contributed by atoms with van der Waals surface area (Å²) in [6.07, 6.45) is 0. The van der Waals surface area contributed by atoms with Crippen LogP contribution in [-0.4, -0.2) is 17.9 Å². The highest BCUT2D eigenvalue weighted by atomic mass is 35.5. The smallest absolute Gasteiger partial charge is 0.244 e. The second-order valence-electron chi connectivity index (χ2n) is 5.07. The average molecular weight is 303 g/mol. The van der Waals surface area contributed by atoms with Crippen LogP contribution in [-0.2, 0) is 4.79 Å². The Bertz CT molecular complexity index is 615. The number of likely N-dealkylation sites (N-methyl/N-ethyl adjacent to an activating group) is 1. The molecule has 0 spiro atoms. The quantitative estimate of drug-likeness (QED) is 0.938. The molecule has 4 heteroatoms. The molecule has 2 atom stereocenters. The Morgan fingerprint density at radius 3 is 2.33 bits per heavy atom. The van der Waals surface area contributed by atoms with Crippen molar-refractivity contribution in [1.82, 2.24) is 4.90 Å². The average Bonchev–Trinajstić information content (AvgIpc) is 2.53. The lowest BCUT2D eigenvalue weighted by Gasteiger charge is -2.28. The van der Waals surface area contributed by atoms with Crippen LogP contribution in [0.25, 0.3) is 0 Å². The van der Waals surface area contributed by atoms with Gasteiger partial charge >= 0.3 is 0 Å². The fourth-order valence-electron chi connectivity index (χ4n) is 2.20. The molecular formula is C17H19ClN2O. The van der Waals surface area contributed by atoms with Crippen molar-refractivity contribution in [1.29, 1.82) is 0 Å². The normalized spacial score (nSPS) is 13.5. The van der Waals surface area contributed by atoms with E-state index in [-0.39, 0.29) is 11.9 Å². The molecule has 1 amide bonds. The maximum atomic E-state index is 12.5. The topological polar surface area (TPSA) is 46.3 Å². The summed E-state index contributed by atoms with van der Waals surface area (Å²) in [5, 5.41) is 0.660. The van der Waals surface area contributed by atoms with Crippen molar-refractivity contribution in [2.75, 3.05) is 7.05 Å². The molecule has 1 unspecified atom stereocenters. The molecule has 0 aliphatic carbocycles. The van der Waals surface area contributed by atoms with E-state index in [0.717, 1.165) is 11.1 Å². The molecule has 2 aromatic carbocycles. The lowest BCUT2D eigenvalue weighted by molar-refractivity contribution is -0.133. The van der Waals surface area contributed by atoms with Crippen LogP contribution in [0.2, 0.25) is 5.02 Å². The first-order valence-electron chi connectivity index (χ1n) is 6.83. The summed E-state index contributed by atoms with van der Waals surface area (Å²) in [7, 11) is 1.76. The second-order valence-corrected chi connectivity index (χ2v) is 5.50. The van der Waals surface area contributed by atoms with E-state index in [0.29, 0.717) is 5.02 Å². The third kappa shape index (κ3) is 3.63. The van der Waals surface area contributed by atoms with Crippen LogP contribution in [0.3, 0.4) is 0 Å². The molecule has 21 heavy (non-hydrogen) atoms. The molecule has 0 aromatic heterocycles. The zero-order chi connectivity index (χ0) is 15.4. The van der Waals surface area contributed by atoms with E-state index in [2.05, 4.69) is 0 Å². The molecule has 110 valence electrons.